The molecular weight excluding hydrogens is 468 g/mol. The van der Waals surface area contributed by atoms with Gasteiger partial charge in [0.05, 0.1) is 16.5 Å². The van der Waals surface area contributed by atoms with Crippen LogP contribution >= 0.6 is 15.9 Å². The summed E-state index contributed by atoms with van der Waals surface area (Å²) in [7, 11) is 0. The third kappa shape index (κ3) is 5.02. The topological polar surface area (TPSA) is 64.2 Å². The van der Waals surface area contributed by atoms with Crippen molar-refractivity contribution >= 4 is 26.8 Å². The van der Waals surface area contributed by atoms with E-state index in [2.05, 4.69) is 58.8 Å². The zero-order chi connectivity index (χ0) is 22.7. The molecule has 164 valence electrons. The number of benzene rings is 3. The van der Waals surface area contributed by atoms with Crippen molar-refractivity contribution < 1.29 is 9.47 Å². The molecule has 6 heteroatoms. The Bertz CT molecular complexity index is 1290. The summed E-state index contributed by atoms with van der Waals surface area (Å²) in [5.74, 6) is 1.89. The van der Waals surface area contributed by atoms with Crippen molar-refractivity contribution in [2.24, 2.45) is 0 Å². The number of fused-ring (bicyclic) bond motifs is 1. The number of rotatable bonds is 6. The second-order valence-electron chi connectivity index (χ2n) is 8.54. The number of nitrogens with one attached hydrogen (secondary N) is 1. The van der Waals surface area contributed by atoms with Gasteiger partial charge in [0.25, 0.3) is 5.56 Å². The summed E-state index contributed by atoms with van der Waals surface area (Å²) in [4.78, 5) is 20.0. The molecular formula is C26H25BrN2O3. The molecule has 0 aliphatic heterocycles. The fraction of sp³-hybridized carbons (Fsp3) is 0.231. The van der Waals surface area contributed by atoms with E-state index >= 15 is 0 Å². The number of H-pyrrole nitrogens is 1. The highest BCUT2D eigenvalue weighted by Gasteiger charge is 2.14. The van der Waals surface area contributed by atoms with Crippen molar-refractivity contribution in [3.8, 4) is 22.9 Å². The molecule has 3 aromatic carbocycles. The number of para-hydroxylation sites is 1. The molecule has 1 heterocycles. The van der Waals surface area contributed by atoms with E-state index < -0.39 is 0 Å². The van der Waals surface area contributed by atoms with Crippen LogP contribution in [-0.2, 0) is 5.41 Å². The van der Waals surface area contributed by atoms with E-state index in [1.165, 1.54) is 5.56 Å². The van der Waals surface area contributed by atoms with Crippen LogP contribution in [0.1, 0.15) is 26.3 Å². The van der Waals surface area contributed by atoms with E-state index in [1.807, 2.05) is 48.5 Å². The highest BCUT2D eigenvalue weighted by Crippen LogP contribution is 2.31. The molecule has 0 atom stereocenters. The Kier molecular flexibility index (Phi) is 6.33. The molecule has 0 saturated carbocycles. The average molecular weight is 493 g/mol. The number of aromatic amines is 1. The van der Waals surface area contributed by atoms with Gasteiger partial charge in [0.1, 0.15) is 30.5 Å². The van der Waals surface area contributed by atoms with E-state index in [0.29, 0.717) is 41.3 Å². The van der Waals surface area contributed by atoms with Gasteiger partial charge in [0.15, 0.2) is 0 Å². The molecule has 0 amide bonds. The van der Waals surface area contributed by atoms with Crippen molar-refractivity contribution in [2.75, 3.05) is 13.2 Å². The first kappa shape index (κ1) is 22.1. The molecule has 5 nitrogen and oxygen atoms in total. The standard InChI is InChI=1S/C26H25BrN2O3/c1-26(2,3)17-8-11-19(12-9-17)31-14-15-32-23-16-18(27)10-13-21(23)24-28-22-7-5-4-6-20(22)25(30)29-24/h4-13,16H,14-15H2,1-3H3,(H,28,29,30). The molecule has 0 unspecified atom stereocenters. The second kappa shape index (κ2) is 9.17. The lowest BCUT2D eigenvalue weighted by atomic mass is 9.87. The summed E-state index contributed by atoms with van der Waals surface area (Å²) in [6, 6.07) is 21.0. The van der Waals surface area contributed by atoms with Crippen LogP contribution < -0.4 is 15.0 Å². The van der Waals surface area contributed by atoms with Crippen LogP contribution in [0.5, 0.6) is 11.5 Å². The van der Waals surface area contributed by atoms with Crippen molar-refractivity contribution in [3.63, 3.8) is 0 Å². The largest absolute Gasteiger partial charge is 0.490 e. The second-order valence-corrected chi connectivity index (χ2v) is 9.46. The highest BCUT2D eigenvalue weighted by atomic mass is 79.9. The normalized spacial score (nSPS) is 11.5. The quantitative estimate of drug-likeness (QED) is 0.330. The number of aromatic nitrogens is 2. The van der Waals surface area contributed by atoms with Crippen LogP contribution in [0.15, 0.2) is 76.0 Å². The predicted octanol–water partition coefficient (Wildman–Crippen LogP) is 6.11. The molecule has 1 aromatic heterocycles. The van der Waals surface area contributed by atoms with Gasteiger partial charge in [-0.25, -0.2) is 4.98 Å². The van der Waals surface area contributed by atoms with Gasteiger partial charge in [-0.2, -0.15) is 0 Å². The Balaban J connectivity index is 1.48. The van der Waals surface area contributed by atoms with Crippen molar-refractivity contribution in [3.05, 3.63) is 87.1 Å². The number of hydrogen-bond donors (Lipinski definition) is 1. The van der Waals surface area contributed by atoms with Gasteiger partial charge in [-0.3, -0.25) is 4.79 Å². The zero-order valence-corrected chi connectivity index (χ0v) is 19.9. The first-order valence-corrected chi connectivity index (χ1v) is 11.3. The lowest BCUT2D eigenvalue weighted by molar-refractivity contribution is 0.217. The smallest absolute Gasteiger partial charge is 0.259 e. The van der Waals surface area contributed by atoms with Gasteiger partial charge < -0.3 is 14.5 Å². The molecule has 0 aliphatic carbocycles. The molecule has 0 saturated heterocycles. The Morgan fingerprint density at radius 3 is 2.41 bits per heavy atom. The molecule has 1 N–H and O–H groups in total. The van der Waals surface area contributed by atoms with Gasteiger partial charge in [-0.1, -0.05) is 61.0 Å². The van der Waals surface area contributed by atoms with E-state index in [1.54, 1.807) is 6.07 Å². The maximum absolute atomic E-state index is 12.5. The average Bonchev–Trinajstić information content (AvgIpc) is 2.76. The lowest BCUT2D eigenvalue weighted by Gasteiger charge is -2.19. The molecule has 0 fully saturated rings. The molecule has 0 aliphatic rings. The summed E-state index contributed by atoms with van der Waals surface area (Å²) in [5.41, 5.74) is 2.54. The predicted molar refractivity (Wildman–Crippen MR) is 132 cm³/mol. The molecule has 0 radical (unpaired) electrons. The van der Waals surface area contributed by atoms with Gasteiger partial charge in [0.2, 0.25) is 0 Å². The molecule has 0 bridgehead atoms. The third-order valence-electron chi connectivity index (χ3n) is 5.14. The SMILES string of the molecule is CC(C)(C)c1ccc(OCCOc2cc(Br)ccc2-c2nc3ccccc3c(=O)[nH]2)cc1. The summed E-state index contributed by atoms with van der Waals surface area (Å²) in [6.45, 7) is 7.29. The van der Waals surface area contributed by atoms with Crippen LogP contribution in [0.3, 0.4) is 0 Å². The van der Waals surface area contributed by atoms with Gasteiger partial charge in [0, 0.05) is 4.47 Å². The van der Waals surface area contributed by atoms with Crippen LogP contribution in [0, 0.1) is 0 Å². The number of halogens is 1. The summed E-state index contributed by atoms with van der Waals surface area (Å²) >= 11 is 3.49. The minimum atomic E-state index is -0.179. The van der Waals surface area contributed by atoms with Crippen LogP contribution in [0.2, 0.25) is 0 Å². The first-order valence-electron chi connectivity index (χ1n) is 10.5. The van der Waals surface area contributed by atoms with E-state index in [0.717, 1.165) is 10.2 Å². The molecule has 0 spiro atoms. The minimum Gasteiger partial charge on any atom is -0.490 e. The summed E-state index contributed by atoms with van der Waals surface area (Å²) in [5, 5.41) is 0.557. The van der Waals surface area contributed by atoms with Crippen molar-refractivity contribution in [2.45, 2.75) is 26.2 Å². The van der Waals surface area contributed by atoms with Crippen molar-refractivity contribution in [1.29, 1.82) is 0 Å². The summed E-state index contributed by atoms with van der Waals surface area (Å²) in [6.07, 6.45) is 0. The maximum atomic E-state index is 12.5. The van der Waals surface area contributed by atoms with Gasteiger partial charge in [-0.05, 0) is 53.4 Å². The zero-order valence-electron chi connectivity index (χ0n) is 18.3. The Hall–Kier alpha value is -3.12. The number of ether oxygens (including phenoxy) is 2. The number of hydrogen-bond acceptors (Lipinski definition) is 4. The maximum Gasteiger partial charge on any atom is 0.259 e. The highest BCUT2D eigenvalue weighted by molar-refractivity contribution is 9.10. The van der Waals surface area contributed by atoms with Crippen LogP contribution in [0.25, 0.3) is 22.3 Å². The van der Waals surface area contributed by atoms with Gasteiger partial charge >= 0.3 is 0 Å². The Labute approximate surface area is 195 Å². The molecule has 4 aromatic rings. The van der Waals surface area contributed by atoms with E-state index in [4.69, 9.17) is 9.47 Å². The molecule has 4 rings (SSSR count). The monoisotopic (exact) mass is 492 g/mol. The minimum absolute atomic E-state index is 0.108. The fourth-order valence-corrected chi connectivity index (χ4v) is 3.73. The number of nitrogens with zero attached hydrogens (tertiary/aromatic N) is 1. The van der Waals surface area contributed by atoms with Crippen LogP contribution in [0.4, 0.5) is 0 Å². The fourth-order valence-electron chi connectivity index (χ4n) is 3.39. The third-order valence-corrected chi connectivity index (χ3v) is 5.63. The first-order chi connectivity index (χ1) is 15.3. The van der Waals surface area contributed by atoms with E-state index in [9.17, 15) is 4.79 Å². The van der Waals surface area contributed by atoms with Gasteiger partial charge in [-0.15, -0.1) is 0 Å². The Morgan fingerprint density at radius 1 is 0.938 bits per heavy atom. The van der Waals surface area contributed by atoms with Crippen LogP contribution in [-0.4, -0.2) is 23.2 Å². The van der Waals surface area contributed by atoms with E-state index in [-0.39, 0.29) is 11.0 Å². The Morgan fingerprint density at radius 2 is 1.66 bits per heavy atom. The van der Waals surface area contributed by atoms with Crippen molar-refractivity contribution in [1.82, 2.24) is 9.97 Å². The molecule has 32 heavy (non-hydrogen) atoms. The lowest BCUT2D eigenvalue weighted by Crippen LogP contribution is -2.12. The summed E-state index contributed by atoms with van der Waals surface area (Å²) < 4.78 is 12.7.